The molecule has 0 aliphatic rings. The molecule has 5 aromatic heterocycles. The molecular formula is C24H21N3O5. The molecule has 1 amide bonds. The van der Waals surface area contributed by atoms with Gasteiger partial charge in [-0.1, -0.05) is 5.16 Å². The molecule has 8 heteroatoms. The van der Waals surface area contributed by atoms with E-state index in [1.807, 2.05) is 32.0 Å². The van der Waals surface area contributed by atoms with Crippen LogP contribution in [0.3, 0.4) is 0 Å². The number of fused-ring (bicyclic) bond motifs is 1. The first-order valence-corrected chi connectivity index (χ1v) is 10.2. The molecule has 5 rings (SSSR count). The third-order valence-corrected chi connectivity index (χ3v) is 5.31. The molecule has 0 saturated carbocycles. The topological polar surface area (TPSA) is 98.7 Å². The third-order valence-electron chi connectivity index (χ3n) is 5.31. The Bertz CT molecular complexity index is 1340. The number of aromatic nitrogens is 2. The van der Waals surface area contributed by atoms with Gasteiger partial charge in [-0.3, -0.25) is 4.79 Å². The Morgan fingerprint density at radius 3 is 2.25 bits per heavy atom. The Balaban J connectivity index is 1.62. The van der Waals surface area contributed by atoms with Crippen LogP contribution in [0, 0.1) is 20.8 Å². The highest BCUT2D eigenvalue weighted by atomic mass is 16.5. The van der Waals surface area contributed by atoms with E-state index in [-0.39, 0.29) is 19.0 Å². The number of pyridine rings is 1. The van der Waals surface area contributed by atoms with Crippen molar-refractivity contribution < 1.29 is 22.6 Å². The van der Waals surface area contributed by atoms with Gasteiger partial charge in [0.15, 0.2) is 0 Å². The Morgan fingerprint density at radius 2 is 1.69 bits per heavy atom. The summed E-state index contributed by atoms with van der Waals surface area (Å²) in [6.07, 6.45) is 3.17. The largest absolute Gasteiger partial charge is 0.467 e. The molecule has 0 bridgehead atoms. The number of furan rings is 3. The van der Waals surface area contributed by atoms with Gasteiger partial charge in [0.1, 0.15) is 23.0 Å². The summed E-state index contributed by atoms with van der Waals surface area (Å²) < 4.78 is 22.1. The highest BCUT2D eigenvalue weighted by Crippen LogP contribution is 2.31. The van der Waals surface area contributed by atoms with Crippen LogP contribution >= 0.6 is 0 Å². The van der Waals surface area contributed by atoms with E-state index in [1.54, 1.807) is 42.5 Å². The highest BCUT2D eigenvalue weighted by Gasteiger charge is 2.26. The Hall–Kier alpha value is -4.07. The lowest BCUT2D eigenvalue weighted by molar-refractivity contribution is 0.0706. The van der Waals surface area contributed by atoms with Crippen LogP contribution in [-0.2, 0) is 13.1 Å². The van der Waals surface area contributed by atoms with Crippen molar-refractivity contribution in [3.05, 3.63) is 83.2 Å². The minimum absolute atomic E-state index is 0.212. The highest BCUT2D eigenvalue weighted by molar-refractivity contribution is 6.07. The Kier molecular flexibility index (Phi) is 4.89. The summed E-state index contributed by atoms with van der Waals surface area (Å²) in [4.78, 5) is 20.1. The van der Waals surface area contributed by atoms with Gasteiger partial charge in [-0.25, -0.2) is 4.98 Å². The van der Waals surface area contributed by atoms with E-state index < -0.39 is 0 Å². The summed E-state index contributed by atoms with van der Waals surface area (Å²) in [5.41, 5.74) is 2.73. The van der Waals surface area contributed by atoms with Crippen LogP contribution in [-0.4, -0.2) is 20.9 Å². The maximum absolute atomic E-state index is 13.9. The van der Waals surface area contributed by atoms with Crippen LogP contribution in [0.25, 0.3) is 22.4 Å². The van der Waals surface area contributed by atoms with Gasteiger partial charge < -0.3 is 22.7 Å². The second-order valence-electron chi connectivity index (χ2n) is 7.65. The lowest BCUT2D eigenvalue weighted by atomic mass is 10.0. The predicted molar refractivity (Wildman–Crippen MR) is 115 cm³/mol. The molecule has 8 nitrogen and oxygen atoms in total. The molecule has 0 aliphatic carbocycles. The quantitative estimate of drug-likeness (QED) is 0.353. The van der Waals surface area contributed by atoms with Crippen molar-refractivity contribution in [2.24, 2.45) is 0 Å². The molecule has 0 aliphatic heterocycles. The van der Waals surface area contributed by atoms with Gasteiger partial charge in [0.25, 0.3) is 11.6 Å². The van der Waals surface area contributed by atoms with Crippen LogP contribution in [0.2, 0.25) is 0 Å². The fourth-order valence-corrected chi connectivity index (χ4v) is 3.84. The summed E-state index contributed by atoms with van der Waals surface area (Å²) in [5, 5.41) is 4.63. The summed E-state index contributed by atoms with van der Waals surface area (Å²) in [7, 11) is 0. The minimum Gasteiger partial charge on any atom is -0.467 e. The number of carbonyl (C=O) groups is 1. The molecule has 0 fully saturated rings. The van der Waals surface area contributed by atoms with Gasteiger partial charge in [-0.05, 0) is 57.2 Å². The molecule has 0 N–H and O–H groups in total. The van der Waals surface area contributed by atoms with Crippen molar-refractivity contribution in [1.29, 1.82) is 0 Å². The molecule has 5 heterocycles. The monoisotopic (exact) mass is 431 g/mol. The second kappa shape index (κ2) is 7.88. The van der Waals surface area contributed by atoms with Crippen molar-refractivity contribution in [1.82, 2.24) is 15.0 Å². The first kappa shape index (κ1) is 19.9. The molecule has 32 heavy (non-hydrogen) atoms. The van der Waals surface area contributed by atoms with Gasteiger partial charge in [0.05, 0.1) is 48.0 Å². The number of nitrogens with zero attached hydrogens (tertiary/aromatic N) is 3. The number of hydrogen-bond acceptors (Lipinski definition) is 7. The zero-order valence-corrected chi connectivity index (χ0v) is 17.9. The third kappa shape index (κ3) is 3.60. The Morgan fingerprint density at radius 1 is 1.00 bits per heavy atom. The average molecular weight is 431 g/mol. The lowest BCUT2D eigenvalue weighted by Crippen LogP contribution is -2.30. The molecule has 162 valence electrons. The number of aryl methyl sites for hydroxylation is 3. The van der Waals surface area contributed by atoms with Gasteiger partial charge >= 0.3 is 0 Å². The molecule has 0 unspecified atom stereocenters. The van der Waals surface area contributed by atoms with Gasteiger partial charge in [-0.2, -0.15) is 0 Å². The smallest absolute Gasteiger partial charge is 0.259 e. The van der Waals surface area contributed by atoms with E-state index in [0.717, 1.165) is 11.3 Å². The lowest BCUT2D eigenvalue weighted by Gasteiger charge is -2.21. The fraction of sp³-hybridized carbons (Fsp3) is 0.208. The molecule has 0 spiro atoms. The molecule has 0 aromatic carbocycles. The van der Waals surface area contributed by atoms with Crippen LogP contribution in [0.15, 0.2) is 66.7 Å². The van der Waals surface area contributed by atoms with Crippen molar-refractivity contribution in [2.75, 3.05) is 0 Å². The van der Waals surface area contributed by atoms with E-state index in [2.05, 4.69) is 10.1 Å². The summed E-state index contributed by atoms with van der Waals surface area (Å²) >= 11 is 0. The van der Waals surface area contributed by atoms with Gasteiger partial charge in [0, 0.05) is 5.56 Å². The predicted octanol–water partition coefficient (Wildman–Crippen LogP) is 5.44. The summed E-state index contributed by atoms with van der Waals surface area (Å²) in [5.74, 6) is 2.60. The molecule has 0 saturated heterocycles. The van der Waals surface area contributed by atoms with Crippen molar-refractivity contribution >= 4 is 17.0 Å². The van der Waals surface area contributed by atoms with E-state index >= 15 is 0 Å². The van der Waals surface area contributed by atoms with Crippen molar-refractivity contribution in [2.45, 2.75) is 33.9 Å². The van der Waals surface area contributed by atoms with E-state index in [0.29, 0.717) is 45.3 Å². The maximum Gasteiger partial charge on any atom is 0.259 e. The molecule has 0 atom stereocenters. The standard InChI is InChI=1S/C24H21N3O5/c1-14-10-19(16(3)31-14)21-11-20(22-15(2)26-32-23(22)25-21)24(28)27(12-17-6-4-8-29-17)13-18-7-5-9-30-18/h4-11H,12-13H2,1-3H3. The van der Waals surface area contributed by atoms with E-state index in [1.165, 1.54) is 0 Å². The molecule has 5 aromatic rings. The van der Waals surface area contributed by atoms with Crippen LogP contribution < -0.4 is 0 Å². The first-order chi connectivity index (χ1) is 15.5. The van der Waals surface area contributed by atoms with Crippen LogP contribution in [0.1, 0.15) is 39.1 Å². The minimum atomic E-state index is -0.212. The van der Waals surface area contributed by atoms with Crippen molar-refractivity contribution in [3.8, 4) is 11.3 Å². The Labute approximate surface area is 183 Å². The fourth-order valence-electron chi connectivity index (χ4n) is 3.84. The zero-order chi connectivity index (χ0) is 22.2. The number of hydrogen-bond donors (Lipinski definition) is 0. The first-order valence-electron chi connectivity index (χ1n) is 10.2. The van der Waals surface area contributed by atoms with Crippen LogP contribution in [0.4, 0.5) is 0 Å². The molecule has 0 radical (unpaired) electrons. The summed E-state index contributed by atoms with van der Waals surface area (Å²) in [6.45, 7) is 6.08. The SMILES string of the molecule is Cc1cc(-c2cc(C(=O)N(Cc3ccco3)Cc3ccco3)c3c(C)noc3n2)c(C)o1. The second-order valence-corrected chi connectivity index (χ2v) is 7.65. The normalized spacial score (nSPS) is 11.3. The number of rotatable bonds is 6. The molecular weight excluding hydrogens is 410 g/mol. The van der Waals surface area contributed by atoms with Gasteiger partial charge in [0.2, 0.25) is 0 Å². The number of carbonyl (C=O) groups excluding carboxylic acids is 1. The average Bonchev–Trinajstić information content (AvgIpc) is 3.56. The van der Waals surface area contributed by atoms with E-state index in [9.17, 15) is 4.79 Å². The summed E-state index contributed by atoms with van der Waals surface area (Å²) in [6, 6.07) is 10.9. The van der Waals surface area contributed by atoms with E-state index in [4.69, 9.17) is 17.8 Å². The van der Waals surface area contributed by atoms with Gasteiger partial charge in [-0.15, -0.1) is 0 Å². The number of amides is 1. The van der Waals surface area contributed by atoms with Crippen molar-refractivity contribution in [3.63, 3.8) is 0 Å². The maximum atomic E-state index is 13.9. The zero-order valence-electron chi connectivity index (χ0n) is 17.9. The van der Waals surface area contributed by atoms with Crippen LogP contribution in [0.5, 0.6) is 0 Å².